The van der Waals surface area contributed by atoms with Crippen LogP contribution in [0.3, 0.4) is 0 Å². The summed E-state index contributed by atoms with van der Waals surface area (Å²) in [6.45, 7) is 8.51. The fourth-order valence-electron chi connectivity index (χ4n) is 10.5. The molecule has 9 rings (SSSR count). The number of aryl methyl sites for hydroxylation is 1. The van der Waals surface area contributed by atoms with Crippen LogP contribution in [0.25, 0.3) is 0 Å². The Hall–Kier alpha value is -4.89. The van der Waals surface area contributed by atoms with Gasteiger partial charge in [-0.05, 0) is 99.0 Å². The molecule has 60 heavy (non-hydrogen) atoms. The van der Waals surface area contributed by atoms with Crippen LogP contribution in [0.15, 0.2) is 109 Å². The fraction of sp³-hybridized carbons (Fsp3) is 0.391. The number of aliphatic hydroxyl groups is 1. The van der Waals surface area contributed by atoms with E-state index in [2.05, 4.69) is 32.7 Å². The summed E-state index contributed by atoms with van der Waals surface area (Å²) in [5, 5.41) is 23.0. The maximum atomic E-state index is 15.1. The number of halogens is 1. The van der Waals surface area contributed by atoms with Crippen molar-refractivity contribution >= 4 is 48.8 Å². The average Bonchev–Trinajstić information content (AvgIpc) is 3.98. The molecule has 3 saturated heterocycles. The van der Waals surface area contributed by atoms with Gasteiger partial charge in [-0.2, -0.15) is 0 Å². The molecule has 5 atom stereocenters. The summed E-state index contributed by atoms with van der Waals surface area (Å²) < 4.78 is 8.81. The number of benzene rings is 4. The molecule has 0 radical (unpaired) electrons. The molecule has 2 spiro atoms. The molecule has 4 aliphatic heterocycles. The molecule has 3 N–H and O–H groups in total. The SMILES string of the molecule is C[C@H]1[C@H]([Si](C)(C)O)[C@@H](CCn2cc(C(CO)c3ccccc3)nn2)O[C@]12C(=O)N(Cc1ccc(N3CN(c4ccccc4)C4(CCNCC4)C3=O)cc1)c1ccc(Cl)cc12. The second-order valence-corrected chi connectivity index (χ2v) is 21.8. The Kier molecular flexibility index (Phi) is 10.7. The van der Waals surface area contributed by atoms with Crippen molar-refractivity contribution in [2.75, 3.05) is 41.1 Å². The van der Waals surface area contributed by atoms with Gasteiger partial charge in [0.05, 0.1) is 43.2 Å². The highest BCUT2D eigenvalue weighted by Gasteiger charge is 2.66. The smallest absolute Gasteiger partial charge is 0.264 e. The molecule has 0 bridgehead atoms. The van der Waals surface area contributed by atoms with Gasteiger partial charge < -0.3 is 29.8 Å². The maximum Gasteiger partial charge on any atom is 0.264 e. The van der Waals surface area contributed by atoms with Crippen molar-refractivity contribution in [1.82, 2.24) is 20.3 Å². The van der Waals surface area contributed by atoms with E-state index in [0.29, 0.717) is 35.9 Å². The molecule has 0 saturated carbocycles. The minimum atomic E-state index is -2.92. The third-order valence-corrected chi connectivity index (χ3v) is 16.2. The number of fused-ring (bicyclic) bond motifs is 2. The number of nitrogens with zero attached hydrogens (tertiary/aromatic N) is 6. The number of ether oxygens (including phenoxy) is 1. The molecule has 0 aliphatic carbocycles. The van der Waals surface area contributed by atoms with E-state index in [-0.39, 0.29) is 42.3 Å². The van der Waals surface area contributed by atoms with Crippen molar-refractivity contribution < 1.29 is 24.2 Å². The Morgan fingerprint density at radius 3 is 2.32 bits per heavy atom. The Bertz CT molecular complexity index is 2350. The number of carbonyl (C=O) groups is 2. The van der Waals surface area contributed by atoms with Gasteiger partial charge in [-0.25, -0.2) is 0 Å². The molecule has 312 valence electrons. The van der Waals surface area contributed by atoms with Gasteiger partial charge in [-0.15, -0.1) is 5.10 Å². The zero-order chi connectivity index (χ0) is 41.8. The molecule has 1 unspecified atom stereocenters. The molecule has 14 heteroatoms. The first-order chi connectivity index (χ1) is 28.9. The zero-order valence-corrected chi connectivity index (χ0v) is 36.0. The van der Waals surface area contributed by atoms with Crippen molar-refractivity contribution in [1.29, 1.82) is 0 Å². The predicted molar refractivity (Wildman–Crippen MR) is 234 cm³/mol. The number of nitrogens with one attached hydrogen (secondary N) is 1. The van der Waals surface area contributed by atoms with Gasteiger partial charge in [0.25, 0.3) is 11.8 Å². The molecule has 1 aromatic heterocycles. The summed E-state index contributed by atoms with van der Waals surface area (Å²) >= 11 is 6.67. The highest BCUT2D eigenvalue weighted by molar-refractivity contribution is 6.71. The van der Waals surface area contributed by atoms with E-state index in [0.717, 1.165) is 54.1 Å². The lowest BCUT2D eigenvalue weighted by molar-refractivity contribution is -0.146. The van der Waals surface area contributed by atoms with E-state index < -0.39 is 25.6 Å². The Morgan fingerprint density at radius 2 is 1.63 bits per heavy atom. The first-order valence-corrected chi connectivity index (χ1v) is 24.4. The molecular weight excluding hydrogens is 794 g/mol. The third-order valence-electron chi connectivity index (χ3n) is 13.4. The summed E-state index contributed by atoms with van der Waals surface area (Å²) in [7, 11) is -2.92. The first-order valence-electron chi connectivity index (χ1n) is 21.0. The van der Waals surface area contributed by atoms with Crippen molar-refractivity contribution in [2.24, 2.45) is 5.92 Å². The van der Waals surface area contributed by atoms with E-state index in [9.17, 15) is 14.7 Å². The summed E-state index contributed by atoms with van der Waals surface area (Å²) in [6.07, 6.45) is 3.36. The van der Waals surface area contributed by atoms with E-state index in [4.69, 9.17) is 16.3 Å². The van der Waals surface area contributed by atoms with Gasteiger partial charge in [0.2, 0.25) is 0 Å². The number of aliphatic hydroxyl groups excluding tert-OH is 1. The second-order valence-electron chi connectivity index (χ2n) is 17.3. The lowest BCUT2D eigenvalue weighted by Crippen LogP contribution is -2.55. The standard InChI is InChI=1S/C46H52ClN7O5Si/c1-31-42(60(2,3)58)41(20-25-51-28-39(49-50-51)37(29-55)33-10-6-4-7-11-33)59-46(31)38-26-34(47)16-19-40(38)52(44(46)57)27-32-14-17-35(18-15-32)53-30-54(36-12-8-5-9-13-36)45(43(53)56)21-23-48-24-22-45/h4-19,26,28,31,37,41-42,48,55,58H,20-25,27,29-30H2,1-3H3/t31-,37?,41+,42-,46+/m0/s1. The van der Waals surface area contributed by atoms with Gasteiger partial charge in [0.15, 0.2) is 13.9 Å². The summed E-state index contributed by atoms with van der Waals surface area (Å²) in [6, 6.07) is 33.4. The van der Waals surface area contributed by atoms with Crippen LogP contribution in [0, 0.1) is 5.92 Å². The van der Waals surface area contributed by atoms with Crippen LogP contribution in [0.1, 0.15) is 54.5 Å². The number of piperidine rings is 1. The quantitative estimate of drug-likeness (QED) is 0.129. The normalized spacial score (nSPS) is 24.2. The zero-order valence-electron chi connectivity index (χ0n) is 34.2. The molecule has 4 aliphatic rings. The number of hydrogen-bond acceptors (Lipinski definition) is 9. The summed E-state index contributed by atoms with van der Waals surface area (Å²) in [5.74, 6) is -0.729. The number of hydrogen-bond donors (Lipinski definition) is 3. The monoisotopic (exact) mass is 845 g/mol. The van der Waals surface area contributed by atoms with Crippen LogP contribution in [-0.2, 0) is 33.0 Å². The van der Waals surface area contributed by atoms with Crippen LogP contribution < -0.4 is 20.0 Å². The van der Waals surface area contributed by atoms with Crippen molar-refractivity contribution in [3.05, 3.63) is 137 Å². The maximum absolute atomic E-state index is 15.1. The number of rotatable bonds is 11. The summed E-state index contributed by atoms with van der Waals surface area (Å²) in [5.41, 5.74) is 3.59. The largest absolute Gasteiger partial charge is 0.432 e. The molecule has 5 aromatic rings. The van der Waals surface area contributed by atoms with Gasteiger partial charge in [-0.1, -0.05) is 84.4 Å². The lowest BCUT2D eigenvalue weighted by atomic mass is 9.82. The third kappa shape index (κ3) is 6.85. The lowest BCUT2D eigenvalue weighted by Gasteiger charge is -2.39. The number of amides is 2. The van der Waals surface area contributed by atoms with Gasteiger partial charge in [0, 0.05) is 46.2 Å². The molecule has 5 heterocycles. The molecule has 2 amide bonds. The van der Waals surface area contributed by atoms with Gasteiger partial charge in [-0.3, -0.25) is 19.2 Å². The number of aromatic nitrogens is 3. The number of carbonyl (C=O) groups excluding carboxylic acids is 2. The van der Waals surface area contributed by atoms with E-state index in [1.165, 1.54) is 0 Å². The predicted octanol–water partition coefficient (Wildman–Crippen LogP) is 6.42. The van der Waals surface area contributed by atoms with Gasteiger partial charge in [0.1, 0.15) is 5.54 Å². The van der Waals surface area contributed by atoms with E-state index in [1.54, 1.807) is 15.6 Å². The van der Waals surface area contributed by atoms with Crippen LogP contribution in [0.5, 0.6) is 0 Å². The Balaban J connectivity index is 0.963. The molecule has 3 fully saturated rings. The molecule has 4 aromatic carbocycles. The van der Waals surface area contributed by atoms with Crippen molar-refractivity contribution in [3.63, 3.8) is 0 Å². The second kappa shape index (κ2) is 15.9. The van der Waals surface area contributed by atoms with Crippen LogP contribution in [-0.4, -0.2) is 83.0 Å². The molecule has 12 nitrogen and oxygen atoms in total. The average molecular weight is 847 g/mol. The highest BCUT2D eigenvalue weighted by atomic mass is 35.5. The van der Waals surface area contributed by atoms with E-state index >= 15 is 4.79 Å². The van der Waals surface area contributed by atoms with E-state index in [1.807, 2.05) is 116 Å². The fourth-order valence-corrected chi connectivity index (χ4v) is 13.3. The Morgan fingerprint density at radius 1 is 0.933 bits per heavy atom. The van der Waals surface area contributed by atoms with Crippen LogP contribution >= 0.6 is 11.6 Å². The minimum absolute atomic E-state index is 0.101. The molecular formula is C46H52ClN7O5Si. The minimum Gasteiger partial charge on any atom is -0.432 e. The van der Waals surface area contributed by atoms with Crippen molar-refractivity contribution in [2.45, 2.75) is 81.1 Å². The number of anilines is 3. The number of para-hydroxylation sites is 1. The summed E-state index contributed by atoms with van der Waals surface area (Å²) in [4.78, 5) is 47.2. The first kappa shape index (κ1) is 40.5. The van der Waals surface area contributed by atoms with Crippen molar-refractivity contribution in [3.8, 4) is 0 Å². The highest BCUT2D eigenvalue weighted by Crippen LogP contribution is 2.60. The Labute approximate surface area is 356 Å². The van der Waals surface area contributed by atoms with Gasteiger partial charge >= 0.3 is 0 Å². The van der Waals surface area contributed by atoms with Crippen LogP contribution in [0.2, 0.25) is 23.7 Å². The van der Waals surface area contributed by atoms with Crippen LogP contribution in [0.4, 0.5) is 17.1 Å². The topological polar surface area (TPSA) is 136 Å².